The lowest BCUT2D eigenvalue weighted by molar-refractivity contribution is -0.115. The molecule has 0 bridgehead atoms. The highest BCUT2D eigenvalue weighted by atomic mass is 35.5. The summed E-state index contributed by atoms with van der Waals surface area (Å²) in [5.74, 6) is -3.31. The molecule has 0 aliphatic carbocycles. The van der Waals surface area contributed by atoms with Crippen LogP contribution in [0, 0.1) is 11.6 Å². The van der Waals surface area contributed by atoms with Crippen molar-refractivity contribution in [1.82, 2.24) is 5.32 Å². The van der Waals surface area contributed by atoms with Gasteiger partial charge in [0.25, 0.3) is 5.91 Å². The summed E-state index contributed by atoms with van der Waals surface area (Å²) in [5, 5.41) is 5.39. The van der Waals surface area contributed by atoms with Crippen LogP contribution in [0.1, 0.15) is 10.4 Å². The van der Waals surface area contributed by atoms with Gasteiger partial charge in [-0.15, -0.1) is 0 Å². The molecule has 0 aliphatic heterocycles. The highest BCUT2D eigenvalue weighted by Gasteiger charge is 2.11. The van der Waals surface area contributed by atoms with E-state index >= 15 is 0 Å². The van der Waals surface area contributed by atoms with Gasteiger partial charge in [-0.2, -0.15) is 0 Å². The second kappa shape index (κ2) is 7.00. The Kier molecular flexibility index (Phi) is 5.06. The summed E-state index contributed by atoms with van der Waals surface area (Å²) in [7, 11) is 0. The van der Waals surface area contributed by atoms with E-state index in [1.165, 1.54) is 0 Å². The van der Waals surface area contributed by atoms with Crippen molar-refractivity contribution in [2.45, 2.75) is 0 Å². The van der Waals surface area contributed by atoms with E-state index in [1.54, 1.807) is 24.3 Å². The maximum atomic E-state index is 13.0. The molecule has 2 amide bonds. The van der Waals surface area contributed by atoms with Crippen molar-refractivity contribution < 1.29 is 18.4 Å². The Labute approximate surface area is 130 Å². The van der Waals surface area contributed by atoms with Crippen LogP contribution in [0.2, 0.25) is 5.02 Å². The molecule has 2 N–H and O–H groups in total. The lowest BCUT2D eigenvalue weighted by Gasteiger charge is -2.07. The standard InChI is InChI=1S/C15H11ClF2N2O2/c16-10-2-4-11(5-3-10)20-14(21)8-19-15(22)9-1-6-12(17)13(18)7-9/h1-7H,8H2,(H,19,22)(H,20,21). The average molecular weight is 325 g/mol. The van der Waals surface area contributed by atoms with Gasteiger partial charge in [0.05, 0.1) is 6.54 Å². The second-order valence-corrected chi connectivity index (χ2v) is 4.80. The van der Waals surface area contributed by atoms with Crippen LogP contribution in [0.15, 0.2) is 42.5 Å². The van der Waals surface area contributed by atoms with Crippen LogP contribution >= 0.6 is 11.6 Å². The van der Waals surface area contributed by atoms with Crippen molar-refractivity contribution in [2.24, 2.45) is 0 Å². The zero-order chi connectivity index (χ0) is 16.1. The van der Waals surface area contributed by atoms with Gasteiger partial charge in [0.15, 0.2) is 11.6 Å². The van der Waals surface area contributed by atoms with Crippen molar-refractivity contribution in [3.8, 4) is 0 Å². The van der Waals surface area contributed by atoms with Gasteiger partial charge in [-0.05, 0) is 42.5 Å². The number of hydrogen-bond acceptors (Lipinski definition) is 2. The third kappa shape index (κ3) is 4.26. The molecule has 0 heterocycles. The summed E-state index contributed by atoms with van der Waals surface area (Å²) in [6.45, 7) is -0.305. The van der Waals surface area contributed by atoms with Crippen LogP contribution in [0.5, 0.6) is 0 Å². The van der Waals surface area contributed by atoms with Gasteiger partial charge in [-0.25, -0.2) is 8.78 Å². The number of anilines is 1. The minimum Gasteiger partial charge on any atom is -0.343 e. The lowest BCUT2D eigenvalue weighted by Crippen LogP contribution is -2.32. The van der Waals surface area contributed by atoms with Gasteiger partial charge < -0.3 is 10.6 Å². The number of hydrogen-bond donors (Lipinski definition) is 2. The Morgan fingerprint density at radius 1 is 1.00 bits per heavy atom. The highest BCUT2D eigenvalue weighted by molar-refractivity contribution is 6.30. The number of benzene rings is 2. The molecule has 0 saturated carbocycles. The normalized spacial score (nSPS) is 10.1. The van der Waals surface area contributed by atoms with E-state index in [0.717, 1.165) is 18.2 Å². The predicted octanol–water partition coefficient (Wildman–Crippen LogP) is 2.99. The zero-order valence-corrected chi connectivity index (χ0v) is 12.0. The van der Waals surface area contributed by atoms with Crippen molar-refractivity contribution in [1.29, 1.82) is 0 Å². The van der Waals surface area contributed by atoms with Gasteiger partial charge in [0, 0.05) is 16.3 Å². The summed E-state index contributed by atoms with van der Waals surface area (Å²) in [4.78, 5) is 23.4. The topological polar surface area (TPSA) is 58.2 Å². The van der Waals surface area contributed by atoms with E-state index in [-0.39, 0.29) is 12.1 Å². The smallest absolute Gasteiger partial charge is 0.251 e. The molecule has 0 aromatic heterocycles. The molecule has 0 radical (unpaired) electrons. The predicted molar refractivity (Wildman–Crippen MR) is 78.8 cm³/mol. The fraction of sp³-hybridized carbons (Fsp3) is 0.0667. The number of nitrogens with one attached hydrogen (secondary N) is 2. The van der Waals surface area contributed by atoms with E-state index in [9.17, 15) is 18.4 Å². The maximum absolute atomic E-state index is 13.0. The van der Waals surface area contributed by atoms with Crippen molar-refractivity contribution >= 4 is 29.1 Å². The molecule has 0 aliphatic rings. The van der Waals surface area contributed by atoms with Gasteiger partial charge in [0.2, 0.25) is 5.91 Å². The first-order valence-corrected chi connectivity index (χ1v) is 6.62. The molecule has 0 fully saturated rings. The van der Waals surface area contributed by atoms with Gasteiger partial charge in [-0.1, -0.05) is 11.6 Å². The first kappa shape index (κ1) is 15.9. The third-order valence-electron chi connectivity index (χ3n) is 2.72. The molecule has 114 valence electrons. The Bertz CT molecular complexity index is 705. The monoisotopic (exact) mass is 324 g/mol. The molecule has 7 heteroatoms. The summed E-state index contributed by atoms with van der Waals surface area (Å²) >= 11 is 5.72. The van der Waals surface area contributed by atoms with Crippen molar-refractivity contribution in [3.05, 3.63) is 64.7 Å². The number of carbonyl (C=O) groups excluding carboxylic acids is 2. The van der Waals surface area contributed by atoms with Crippen LogP contribution in [-0.2, 0) is 4.79 Å². The van der Waals surface area contributed by atoms with E-state index in [2.05, 4.69) is 10.6 Å². The Morgan fingerprint density at radius 2 is 1.68 bits per heavy atom. The molecular formula is C15H11ClF2N2O2. The van der Waals surface area contributed by atoms with E-state index < -0.39 is 23.4 Å². The maximum Gasteiger partial charge on any atom is 0.251 e. The Hall–Kier alpha value is -2.47. The van der Waals surface area contributed by atoms with Crippen LogP contribution in [-0.4, -0.2) is 18.4 Å². The first-order chi connectivity index (χ1) is 10.5. The highest BCUT2D eigenvalue weighted by Crippen LogP contribution is 2.13. The molecule has 0 saturated heterocycles. The summed E-state index contributed by atoms with van der Waals surface area (Å²) in [5.41, 5.74) is 0.453. The van der Waals surface area contributed by atoms with Crippen molar-refractivity contribution in [3.63, 3.8) is 0 Å². The molecule has 2 aromatic rings. The molecule has 4 nitrogen and oxygen atoms in total. The Balaban J connectivity index is 1.88. The van der Waals surface area contributed by atoms with Gasteiger partial charge in [0.1, 0.15) is 0 Å². The largest absolute Gasteiger partial charge is 0.343 e. The lowest BCUT2D eigenvalue weighted by atomic mass is 10.2. The van der Waals surface area contributed by atoms with Crippen LogP contribution in [0.4, 0.5) is 14.5 Å². The molecule has 2 aromatic carbocycles. The fourth-order valence-corrected chi connectivity index (χ4v) is 1.76. The van der Waals surface area contributed by atoms with Crippen LogP contribution in [0.3, 0.4) is 0 Å². The number of halogens is 3. The second-order valence-electron chi connectivity index (χ2n) is 4.37. The molecule has 0 unspecified atom stereocenters. The fourth-order valence-electron chi connectivity index (χ4n) is 1.64. The van der Waals surface area contributed by atoms with E-state index in [0.29, 0.717) is 10.7 Å². The number of amides is 2. The summed E-state index contributed by atoms with van der Waals surface area (Å²) < 4.78 is 25.8. The van der Waals surface area contributed by atoms with Crippen LogP contribution < -0.4 is 10.6 Å². The SMILES string of the molecule is O=C(CNC(=O)c1ccc(F)c(F)c1)Nc1ccc(Cl)cc1. The molecule has 2 rings (SSSR count). The summed E-state index contributed by atoms with van der Waals surface area (Å²) in [6, 6.07) is 9.17. The van der Waals surface area contributed by atoms with Crippen LogP contribution in [0.25, 0.3) is 0 Å². The minimum absolute atomic E-state index is 0.0711. The van der Waals surface area contributed by atoms with Crippen molar-refractivity contribution in [2.75, 3.05) is 11.9 Å². The molecule has 0 atom stereocenters. The molecule has 22 heavy (non-hydrogen) atoms. The molecular weight excluding hydrogens is 314 g/mol. The zero-order valence-electron chi connectivity index (χ0n) is 11.2. The number of carbonyl (C=O) groups is 2. The Morgan fingerprint density at radius 3 is 2.32 bits per heavy atom. The van der Waals surface area contributed by atoms with E-state index in [4.69, 9.17) is 11.6 Å². The minimum atomic E-state index is -1.13. The third-order valence-corrected chi connectivity index (χ3v) is 2.97. The average Bonchev–Trinajstić information content (AvgIpc) is 2.50. The quantitative estimate of drug-likeness (QED) is 0.908. The van der Waals surface area contributed by atoms with Gasteiger partial charge in [-0.3, -0.25) is 9.59 Å². The van der Waals surface area contributed by atoms with E-state index in [1.807, 2.05) is 0 Å². The molecule has 0 spiro atoms. The number of rotatable bonds is 4. The van der Waals surface area contributed by atoms with Gasteiger partial charge >= 0.3 is 0 Å². The first-order valence-electron chi connectivity index (χ1n) is 6.24. The summed E-state index contributed by atoms with van der Waals surface area (Å²) in [6.07, 6.45) is 0.